The van der Waals surface area contributed by atoms with Gasteiger partial charge in [-0.25, -0.2) is 13.8 Å². The monoisotopic (exact) mass is 514 g/mol. The zero-order valence-corrected chi connectivity index (χ0v) is 20.3. The lowest BCUT2D eigenvalue weighted by molar-refractivity contribution is 0.197. The second-order valence-corrected chi connectivity index (χ2v) is 8.54. The molecule has 4 aromatic heterocycles. The third-order valence-corrected chi connectivity index (χ3v) is 5.82. The van der Waals surface area contributed by atoms with Crippen molar-refractivity contribution < 1.29 is 18.6 Å². The first-order valence-corrected chi connectivity index (χ1v) is 11.2. The third-order valence-electron chi connectivity index (χ3n) is 5.49. The predicted molar refractivity (Wildman–Crippen MR) is 129 cm³/mol. The van der Waals surface area contributed by atoms with Crippen molar-refractivity contribution in [2.75, 3.05) is 0 Å². The lowest BCUT2D eigenvalue weighted by atomic mass is 10.1. The number of hydrogen-bond acceptors (Lipinski definition) is 6. The molecule has 0 saturated carbocycles. The molecule has 4 rings (SSSR count). The molecule has 0 saturated heterocycles. The van der Waals surface area contributed by atoms with Crippen LogP contribution in [0.25, 0.3) is 11.5 Å². The van der Waals surface area contributed by atoms with Gasteiger partial charge in [0.2, 0.25) is 0 Å². The van der Waals surface area contributed by atoms with Gasteiger partial charge in [0.15, 0.2) is 5.82 Å². The highest BCUT2D eigenvalue weighted by atomic mass is 35.5. The van der Waals surface area contributed by atoms with Gasteiger partial charge in [0.05, 0.1) is 28.6 Å². The molecule has 186 valence electrons. The van der Waals surface area contributed by atoms with E-state index < -0.39 is 28.9 Å². The quantitative estimate of drug-likeness (QED) is 0.418. The van der Waals surface area contributed by atoms with Gasteiger partial charge in [-0.3, -0.25) is 23.7 Å². The number of pyridine rings is 4. The van der Waals surface area contributed by atoms with Gasteiger partial charge in [0, 0.05) is 42.4 Å². The molecule has 0 aromatic carbocycles. The van der Waals surface area contributed by atoms with Crippen LogP contribution in [0.5, 0.6) is 5.75 Å². The molecule has 4 aromatic rings. The Balaban J connectivity index is 1.71. The molecule has 0 bridgehead atoms. The van der Waals surface area contributed by atoms with E-state index in [-0.39, 0.29) is 34.5 Å². The van der Waals surface area contributed by atoms with Gasteiger partial charge in [-0.15, -0.1) is 0 Å². The van der Waals surface area contributed by atoms with Crippen molar-refractivity contribution in [2.24, 2.45) is 0 Å². The van der Waals surface area contributed by atoms with Gasteiger partial charge in [0.1, 0.15) is 29.7 Å². The number of aryl methyl sites for hydroxylation is 2. The summed E-state index contributed by atoms with van der Waals surface area (Å²) in [6, 6.07) is 6.57. The smallest absolute Gasteiger partial charge is 0.263 e. The van der Waals surface area contributed by atoms with Crippen LogP contribution in [0, 0.1) is 25.5 Å². The van der Waals surface area contributed by atoms with Gasteiger partial charge in [-0.2, -0.15) is 0 Å². The molecule has 36 heavy (non-hydrogen) atoms. The average Bonchev–Trinajstić information content (AvgIpc) is 2.79. The number of nitrogens with zero attached hydrogens (tertiary/aromatic N) is 4. The molecule has 0 radical (unpaired) electrons. The van der Waals surface area contributed by atoms with Gasteiger partial charge in [0.25, 0.3) is 11.1 Å². The molecule has 11 heteroatoms. The summed E-state index contributed by atoms with van der Waals surface area (Å²) in [6.45, 7) is 4.59. The SMILES string of the molecule is Cc1cnc(-n2ccc(Cl)c(C(C)O)c2=O)cc1-n1c(C)cc(OCc2ncc(F)cc2F)cc1=O. The standard InChI is InChI=1S/C25H21ClF2N4O4/c1-13-10-30-22(31-5-4-18(26)24(15(3)33)25(31)35)9-21(13)32-14(2)6-17(8-23(32)34)36-12-20-19(28)7-16(27)11-29-20/h4-11,15,33H,12H2,1-3H3. The molecule has 0 aliphatic rings. The number of aliphatic hydroxyl groups is 1. The summed E-state index contributed by atoms with van der Waals surface area (Å²) in [6.07, 6.45) is 2.75. The fourth-order valence-corrected chi connectivity index (χ4v) is 4.02. The lowest BCUT2D eigenvalue weighted by Gasteiger charge is -2.16. The Morgan fingerprint density at radius 3 is 2.53 bits per heavy atom. The average molecular weight is 515 g/mol. The summed E-state index contributed by atoms with van der Waals surface area (Å²) in [5.41, 5.74) is 0.593. The van der Waals surface area contributed by atoms with Crippen molar-refractivity contribution in [3.8, 4) is 17.3 Å². The molecule has 0 spiro atoms. The topological polar surface area (TPSA) is 99.2 Å². The van der Waals surface area contributed by atoms with Crippen molar-refractivity contribution >= 4 is 11.6 Å². The molecule has 0 amide bonds. The summed E-state index contributed by atoms with van der Waals surface area (Å²) in [5.74, 6) is -1.24. The van der Waals surface area contributed by atoms with E-state index in [2.05, 4.69) is 9.97 Å². The van der Waals surface area contributed by atoms with Crippen molar-refractivity contribution in [3.05, 3.63) is 109 Å². The van der Waals surface area contributed by atoms with E-state index in [0.29, 0.717) is 23.0 Å². The Morgan fingerprint density at radius 2 is 1.86 bits per heavy atom. The summed E-state index contributed by atoms with van der Waals surface area (Å²) in [5, 5.41) is 10.1. The molecule has 0 aliphatic carbocycles. The maximum Gasteiger partial charge on any atom is 0.263 e. The Kier molecular flexibility index (Phi) is 7.00. The molecule has 1 N–H and O–H groups in total. The van der Waals surface area contributed by atoms with Crippen molar-refractivity contribution in [1.29, 1.82) is 0 Å². The minimum Gasteiger partial charge on any atom is -0.487 e. The van der Waals surface area contributed by atoms with Gasteiger partial charge in [-0.05, 0) is 32.4 Å². The van der Waals surface area contributed by atoms with Gasteiger partial charge in [-0.1, -0.05) is 11.6 Å². The third kappa shape index (κ3) is 4.91. The Labute approximate surface area is 209 Å². The Bertz CT molecular complexity index is 1580. The highest BCUT2D eigenvalue weighted by Gasteiger charge is 2.17. The molecule has 1 unspecified atom stereocenters. The predicted octanol–water partition coefficient (Wildman–Crippen LogP) is 3.96. The first-order chi connectivity index (χ1) is 17.1. The summed E-state index contributed by atoms with van der Waals surface area (Å²) >= 11 is 6.08. The largest absolute Gasteiger partial charge is 0.487 e. The molecular weight excluding hydrogens is 494 g/mol. The van der Waals surface area contributed by atoms with Crippen molar-refractivity contribution in [2.45, 2.75) is 33.5 Å². The summed E-state index contributed by atoms with van der Waals surface area (Å²) in [7, 11) is 0. The second-order valence-electron chi connectivity index (χ2n) is 8.13. The van der Waals surface area contributed by atoms with E-state index in [1.54, 1.807) is 26.0 Å². The highest BCUT2D eigenvalue weighted by molar-refractivity contribution is 6.31. The lowest BCUT2D eigenvalue weighted by Crippen LogP contribution is -2.25. The molecule has 1 atom stereocenters. The van der Waals surface area contributed by atoms with Crippen LogP contribution < -0.4 is 15.9 Å². The van der Waals surface area contributed by atoms with Gasteiger partial charge >= 0.3 is 0 Å². The van der Waals surface area contributed by atoms with Crippen LogP contribution in [0.15, 0.2) is 58.5 Å². The minimum absolute atomic E-state index is 0.0324. The molecule has 0 fully saturated rings. The Hall–Kier alpha value is -3.89. The second kappa shape index (κ2) is 10.00. The Morgan fingerprint density at radius 1 is 1.11 bits per heavy atom. The first kappa shape index (κ1) is 25.2. The minimum atomic E-state index is -1.08. The number of ether oxygens (including phenoxy) is 1. The van der Waals surface area contributed by atoms with Crippen LogP contribution >= 0.6 is 11.6 Å². The van der Waals surface area contributed by atoms with Crippen LogP contribution in [-0.2, 0) is 6.61 Å². The maximum atomic E-state index is 13.8. The van der Waals surface area contributed by atoms with E-state index in [9.17, 15) is 23.5 Å². The normalized spacial score (nSPS) is 12.0. The number of halogens is 3. The fraction of sp³-hybridized carbons (Fsp3) is 0.200. The fourth-order valence-electron chi connectivity index (χ4n) is 3.73. The number of aliphatic hydroxyl groups excluding tert-OH is 1. The highest BCUT2D eigenvalue weighted by Crippen LogP contribution is 2.22. The molecular formula is C25H21ClF2N4O4. The zero-order valence-electron chi connectivity index (χ0n) is 19.5. The molecule has 0 aliphatic heterocycles. The van der Waals surface area contributed by atoms with Crippen molar-refractivity contribution in [3.63, 3.8) is 0 Å². The van der Waals surface area contributed by atoms with Crippen LogP contribution in [0.4, 0.5) is 8.78 Å². The molecule has 8 nitrogen and oxygen atoms in total. The summed E-state index contributed by atoms with van der Waals surface area (Å²) < 4.78 is 35.1. The van der Waals surface area contributed by atoms with Crippen LogP contribution in [0.3, 0.4) is 0 Å². The number of aromatic nitrogens is 4. The van der Waals surface area contributed by atoms with Gasteiger partial charge < -0.3 is 9.84 Å². The van der Waals surface area contributed by atoms with E-state index in [1.807, 2.05) is 0 Å². The van der Waals surface area contributed by atoms with Crippen LogP contribution in [-0.4, -0.2) is 24.2 Å². The number of rotatable bonds is 6. The zero-order chi connectivity index (χ0) is 26.1. The first-order valence-electron chi connectivity index (χ1n) is 10.8. The van der Waals surface area contributed by atoms with E-state index in [0.717, 1.165) is 6.20 Å². The van der Waals surface area contributed by atoms with E-state index >= 15 is 0 Å². The van der Waals surface area contributed by atoms with Crippen LogP contribution in [0.1, 0.15) is 35.5 Å². The molecule has 4 heterocycles. The summed E-state index contributed by atoms with van der Waals surface area (Å²) in [4.78, 5) is 33.9. The number of hydrogen-bond donors (Lipinski definition) is 1. The van der Waals surface area contributed by atoms with E-state index in [1.165, 1.54) is 40.6 Å². The maximum absolute atomic E-state index is 13.8. The van der Waals surface area contributed by atoms with Crippen LogP contribution in [0.2, 0.25) is 5.02 Å². The van der Waals surface area contributed by atoms with Crippen molar-refractivity contribution in [1.82, 2.24) is 19.1 Å². The van der Waals surface area contributed by atoms with E-state index in [4.69, 9.17) is 16.3 Å².